The highest BCUT2D eigenvalue weighted by Crippen LogP contribution is 2.09. The lowest BCUT2D eigenvalue weighted by atomic mass is 10.4. The topological polar surface area (TPSA) is 52.6 Å². The monoisotopic (exact) mass is 266 g/mol. The highest BCUT2D eigenvalue weighted by molar-refractivity contribution is 8.00. The third kappa shape index (κ3) is 10.2. The van der Waals surface area contributed by atoms with Crippen molar-refractivity contribution in [1.29, 1.82) is 0 Å². The van der Waals surface area contributed by atoms with E-state index in [4.69, 9.17) is 0 Å². The predicted molar refractivity (Wildman–Crippen MR) is 67.9 cm³/mol. The molecule has 0 heterocycles. The van der Waals surface area contributed by atoms with Gasteiger partial charge < -0.3 is 9.47 Å². The summed E-state index contributed by atoms with van der Waals surface area (Å²) in [5.41, 5.74) is 0. The number of carbonyl (C=O) groups excluding carboxylic acids is 2. The zero-order valence-corrected chi connectivity index (χ0v) is 11.3. The molecule has 0 saturated carbocycles. The molecule has 0 aromatic carbocycles. The molecule has 4 nitrogen and oxygen atoms in total. The Morgan fingerprint density at radius 2 is 1.25 bits per heavy atom. The van der Waals surface area contributed by atoms with Crippen LogP contribution in [0.5, 0.6) is 0 Å². The maximum Gasteiger partial charge on any atom is 0.315 e. The quantitative estimate of drug-likeness (QED) is 0.466. The summed E-state index contributed by atoms with van der Waals surface area (Å²) < 4.78 is 9.04. The molecule has 0 spiro atoms. The van der Waals surface area contributed by atoms with E-state index in [2.05, 4.69) is 9.47 Å². The molecule has 0 aromatic rings. The molecule has 0 unspecified atom stereocenters. The zero-order valence-electron chi connectivity index (χ0n) is 9.69. The summed E-state index contributed by atoms with van der Waals surface area (Å²) in [5, 5.41) is 0. The van der Waals surface area contributed by atoms with Crippen LogP contribution in [0.3, 0.4) is 0 Å². The highest BCUT2D eigenvalue weighted by atomic mass is 32.2. The van der Waals surface area contributed by atoms with Gasteiger partial charge in [0, 0.05) is 0 Å². The van der Waals surface area contributed by atoms with Crippen molar-refractivity contribution in [3.05, 3.63) is 0 Å². The van der Waals surface area contributed by atoms with Gasteiger partial charge in [0.05, 0.1) is 25.7 Å². The number of esters is 2. The van der Waals surface area contributed by atoms with Crippen molar-refractivity contribution in [2.45, 2.75) is 12.8 Å². The molecule has 0 aliphatic heterocycles. The van der Waals surface area contributed by atoms with Crippen molar-refractivity contribution >= 4 is 35.5 Å². The fraction of sp³-hybridized carbons (Fsp3) is 0.800. The van der Waals surface area contributed by atoms with Gasteiger partial charge >= 0.3 is 11.9 Å². The molecule has 0 amide bonds. The fourth-order valence-electron chi connectivity index (χ4n) is 0.837. The van der Waals surface area contributed by atoms with E-state index in [1.807, 2.05) is 0 Å². The first-order valence-corrected chi connectivity index (χ1v) is 7.30. The van der Waals surface area contributed by atoms with E-state index in [0.29, 0.717) is 11.5 Å². The van der Waals surface area contributed by atoms with Gasteiger partial charge in [0.25, 0.3) is 0 Å². The maximum atomic E-state index is 10.8. The van der Waals surface area contributed by atoms with E-state index in [-0.39, 0.29) is 11.9 Å². The standard InChI is InChI=1S/C10H18O4S2/c1-13-9(11)7-15-5-3-4-6-16-8-10(12)14-2/h3-8H2,1-2H3. The minimum atomic E-state index is -0.176. The van der Waals surface area contributed by atoms with Crippen LogP contribution in [0.25, 0.3) is 0 Å². The molecule has 0 saturated heterocycles. The average molecular weight is 266 g/mol. The van der Waals surface area contributed by atoms with Crippen molar-refractivity contribution in [3.8, 4) is 0 Å². The molecule has 0 bridgehead atoms. The number of rotatable bonds is 9. The van der Waals surface area contributed by atoms with Crippen molar-refractivity contribution in [2.75, 3.05) is 37.2 Å². The molecule has 6 heteroatoms. The third-order valence-corrected chi connectivity index (χ3v) is 3.76. The van der Waals surface area contributed by atoms with Gasteiger partial charge in [-0.15, -0.1) is 0 Å². The molecule has 0 atom stereocenters. The van der Waals surface area contributed by atoms with Gasteiger partial charge in [-0.25, -0.2) is 0 Å². The molecule has 16 heavy (non-hydrogen) atoms. The van der Waals surface area contributed by atoms with Crippen LogP contribution < -0.4 is 0 Å². The molecule has 0 aliphatic rings. The normalized spacial score (nSPS) is 9.88. The van der Waals surface area contributed by atoms with Gasteiger partial charge in [-0.1, -0.05) is 0 Å². The summed E-state index contributed by atoms with van der Waals surface area (Å²) in [7, 11) is 2.79. The summed E-state index contributed by atoms with van der Waals surface area (Å²) in [5.74, 6) is 2.40. The van der Waals surface area contributed by atoms with Crippen LogP contribution in [-0.4, -0.2) is 49.2 Å². The van der Waals surface area contributed by atoms with Crippen LogP contribution in [0.1, 0.15) is 12.8 Å². The number of ether oxygens (including phenoxy) is 2. The first-order valence-electron chi connectivity index (χ1n) is 4.99. The van der Waals surface area contributed by atoms with E-state index in [0.717, 1.165) is 24.3 Å². The Labute approximate surface area is 105 Å². The fourth-order valence-corrected chi connectivity index (χ4v) is 2.51. The van der Waals surface area contributed by atoms with Gasteiger partial charge in [-0.3, -0.25) is 9.59 Å². The average Bonchev–Trinajstić information content (AvgIpc) is 2.31. The van der Waals surface area contributed by atoms with E-state index >= 15 is 0 Å². The summed E-state index contributed by atoms with van der Waals surface area (Å²) in [6, 6.07) is 0. The second-order valence-corrected chi connectivity index (χ2v) is 5.17. The van der Waals surface area contributed by atoms with Crippen LogP contribution >= 0.6 is 23.5 Å². The second kappa shape index (κ2) is 11.1. The first kappa shape index (κ1) is 15.6. The van der Waals surface area contributed by atoms with Crippen LogP contribution in [-0.2, 0) is 19.1 Å². The molecule has 0 aromatic heterocycles. The van der Waals surface area contributed by atoms with Crippen molar-refractivity contribution in [1.82, 2.24) is 0 Å². The van der Waals surface area contributed by atoms with Crippen LogP contribution in [0, 0.1) is 0 Å². The van der Waals surface area contributed by atoms with Gasteiger partial charge in [-0.2, -0.15) is 23.5 Å². The van der Waals surface area contributed by atoms with E-state index < -0.39 is 0 Å². The summed E-state index contributed by atoms with van der Waals surface area (Å²) in [6.45, 7) is 0. The third-order valence-electron chi connectivity index (χ3n) is 1.72. The largest absolute Gasteiger partial charge is 0.468 e. The van der Waals surface area contributed by atoms with E-state index in [9.17, 15) is 9.59 Å². The number of hydrogen-bond acceptors (Lipinski definition) is 6. The second-order valence-electron chi connectivity index (χ2n) is 2.96. The van der Waals surface area contributed by atoms with Crippen molar-refractivity contribution in [3.63, 3.8) is 0 Å². The number of methoxy groups -OCH3 is 2. The van der Waals surface area contributed by atoms with Crippen molar-refractivity contribution < 1.29 is 19.1 Å². The highest BCUT2D eigenvalue weighted by Gasteiger charge is 2.01. The van der Waals surface area contributed by atoms with Gasteiger partial charge in [0.2, 0.25) is 0 Å². The molecule has 0 radical (unpaired) electrons. The van der Waals surface area contributed by atoms with Crippen LogP contribution in [0.15, 0.2) is 0 Å². The Morgan fingerprint density at radius 1 is 0.875 bits per heavy atom. The molecule has 0 rings (SSSR count). The summed E-state index contributed by atoms with van der Waals surface area (Å²) >= 11 is 3.16. The Bertz CT molecular complexity index is 187. The molecular weight excluding hydrogens is 248 g/mol. The molecule has 0 aliphatic carbocycles. The Kier molecular flexibility index (Phi) is 10.9. The van der Waals surface area contributed by atoms with Gasteiger partial charge in [-0.05, 0) is 24.3 Å². The number of carbonyl (C=O) groups is 2. The van der Waals surface area contributed by atoms with Gasteiger partial charge in [0.1, 0.15) is 0 Å². The Balaban J connectivity index is 3.10. The minimum absolute atomic E-state index is 0.176. The van der Waals surface area contributed by atoms with Gasteiger partial charge in [0.15, 0.2) is 0 Å². The van der Waals surface area contributed by atoms with Crippen molar-refractivity contribution in [2.24, 2.45) is 0 Å². The predicted octanol–water partition coefficient (Wildman–Crippen LogP) is 1.58. The Hall–Kier alpha value is -0.360. The van der Waals surface area contributed by atoms with Crippen LogP contribution in [0.2, 0.25) is 0 Å². The first-order chi connectivity index (χ1) is 7.70. The number of thioether (sulfide) groups is 2. The van der Waals surface area contributed by atoms with Crippen LogP contribution in [0.4, 0.5) is 0 Å². The lowest BCUT2D eigenvalue weighted by Crippen LogP contribution is -2.04. The molecule has 0 N–H and O–H groups in total. The number of unbranched alkanes of at least 4 members (excludes halogenated alkanes) is 1. The number of hydrogen-bond donors (Lipinski definition) is 0. The lowest BCUT2D eigenvalue weighted by molar-refractivity contribution is -0.138. The van der Waals surface area contributed by atoms with E-state index in [1.165, 1.54) is 14.2 Å². The molecule has 0 fully saturated rings. The Morgan fingerprint density at radius 3 is 1.56 bits per heavy atom. The SMILES string of the molecule is COC(=O)CSCCCCSCC(=O)OC. The summed E-state index contributed by atoms with van der Waals surface area (Å²) in [4.78, 5) is 21.5. The summed E-state index contributed by atoms with van der Waals surface area (Å²) in [6.07, 6.45) is 2.10. The zero-order chi connectivity index (χ0) is 12.2. The molecule has 94 valence electrons. The van der Waals surface area contributed by atoms with E-state index in [1.54, 1.807) is 23.5 Å². The smallest absolute Gasteiger partial charge is 0.315 e. The lowest BCUT2D eigenvalue weighted by Gasteiger charge is -2.01. The molecular formula is C10H18O4S2. The minimum Gasteiger partial charge on any atom is -0.468 e. The maximum absolute atomic E-state index is 10.8.